The highest BCUT2D eigenvalue weighted by Crippen LogP contribution is 2.36. The van der Waals surface area contributed by atoms with E-state index in [1.165, 1.54) is 13.4 Å². The van der Waals surface area contributed by atoms with Crippen LogP contribution in [0.25, 0.3) is 0 Å². The first-order chi connectivity index (χ1) is 13.0. The van der Waals surface area contributed by atoms with Crippen molar-refractivity contribution in [3.8, 4) is 5.75 Å². The van der Waals surface area contributed by atoms with Crippen LogP contribution < -0.4 is 15.4 Å². The van der Waals surface area contributed by atoms with E-state index in [1.807, 2.05) is 6.92 Å². The maximum atomic E-state index is 11.7. The summed E-state index contributed by atoms with van der Waals surface area (Å²) < 4.78 is 5.27. The Bertz CT molecular complexity index is 996. The third kappa shape index (κ3) is 3.90. The van der Waals surface area contributed by atoms with Crippen molar-refractivity contribution >= 4 is 40.3 Å². The molecule has 0 aliphatic carbocycles. The van der Waals surface area contributed by atoms with E-state index in [9.17, 15) is 10.1 Å². The Hall–Kier alpha value is -3.39. The van der Waals surface area contributed by atoms with E-state index in [0.717, 1.165) is 5.56 Å². The number of para-hydroxylation sites is 2. The molecule has 3 rings (SSSR count). The van der Waals surface area contributed by atoms with Crippen LogP contribution in [-0.2, 0) is 0 Å². The van der Waals surface area contributed by atoms with E-state index < -0.39 is 4.92 Å². The first kappa shape index (κ1) is 18.4. The van der Waals surface area contributed by atoms with Crippen LogP contribution in [0.15, 0.2) is 48.8 Å². The first-order valence-corrected chi connectivity index (χ1v) is 8.30. The zero-order valence-electron chi connectivity index (χ0n) is 14.6. The minimum atomic E-state index is -0.542. The Morgan fingerprint density at radius 1 is 1.04 bits per heavy atom. The number of aromatic nitrogens is 2. The molecule has 1 aromatic heterocycles. The van der Waals surface area contributed by atoms with Gasteiger partial charge in [-0.25, -0.2) is 9.97 Å². The zero-order valence-corrected chi connectivity index (χ0v) is 15.3. The van der Waals surface area contributed by atoms with Gasteiger partial charge in [0, 0.05) is 10.7 Å². The van der Waals surface area contributed by atoms with Crippen LogP contribution in [0.2, 0.25) is 5.02 Å². The van der Waals surface area contributed by atoms with Crippen LogP contribution >= 0.6 is 11.6 Å². The monoisotopic (exact) mass is 385 g/mol. The fourth-order valence-corrected chi connectivity index (χ4v) is 2.66. The average molecular weight is 386 g/mol. The number of ether oxygens (including phenoxy) is 1. The fourth-order valence-electron chi connectivity index (χ4n) is 2.48. The van der Waals surface area contributed by atoms with Crippen molar-refractivity contribution in [2.75, 3.05) is 17.7 Å². The lowest BCUT2D eigenvalue weighted by Crippen LogP contribution is -2.06. The molecule has 0 fully saturated rings. The standard InChI is InChI=1S/C18H16ClN5O3/c1-11-12(19)6-5-8-13(11)22-17-16(24(25)26)18(21-10-20-17)23-14-7-3-4-9-15(14)27-2/h3-10H,1-2H3,(H2,20,21,22,23). The summed E-state index contributed by atoms with van der Waals surface area (Å²) in [6, 6.07) is 12.3. The lowest BCUT2D eigenvalue weighted by atomic mass is 10.2. The van der Waals surface area contributed by atoms with Crippen LogP contribution in [0, 0.1) is 17.0 Å². The van der Waals surface area contributed by atoms with Crippen LogP contribution in [0.3, 0.4) is 0 Å². The van der Waals surface area contributed by atoms with Crippen molar-refractivity contribution in [2.45, 2.75) is 6.92 Å². The predicted octanol–water partition coefficient (Wildman–Crippen LogP) is 4.84. The number of benzene rings is 2. The van der Waals surface area contributed by atoms with Gasteiger partial charge in [0.15, 0.2) is 0 Å². The largest absolute Gasteiger partial charge is 0.495 e. The van der Waals surface area contributed by atoms with Gasteiger partial charge in [0.1, 0.15) is 12.1 Å². The number of nitro groups is 1. The minimum Gasteiger partial charge on any atom is -0.495 e. The summed E-state index contributed by atoms with van der Waals surface area (Å²) in [5.74, 6) is 0.630. The molecule has 0 radical (unpaired) electrons. The normalized spacial score (nSPS) is 10.3. The molecule has 27 heavy (non-hydrogen) atoms. The number of nitrogens with zero attached hydrogens (tertiary/aromatic N) is 3. The second-order valence-electron chi connectivity index (χ2n) is 5.54. The summed E-state index contributed by atoms with van der Waals surface area (Å²) in [5.41, 5.74) is 1.63. The molecule has 0 aliphatic rings. The Labute approximate surface area is 160 Å². The molecule has 0 amide bonds. The fraction of sp³-hybridized carbons (Fsp3) is 0.111. The van der Waals surface area contributed by atoms with Crippen LogP contribution in [-0.4, -0.2) is 22.0 Å². The van der Waals surface area contributed by atoms with Gasteiger partial charge < -0.3 is 15.4 Å². The van der Waals surface area contributed by atoms with E-state index in [0.29, 0.717) is 22.1 Å². The molecule has 9 heteroatoms. The molecule has 3 aromatic rings. The second kappa shape index (κ2) is 7.88. The Balaban J connectivity index is 2.03. The number of hydrogen-bond acceptors (Lipinski definition) is 7. The van der Waals surface area contributed by atoms with Crippen LogP contribution in [0.1, 0.15) is 5.56 Å². The predicted molar refractivity (Wildman–Crippen MR) is 104 cm³/mol. The number of halogens is 1. The lowest BCUT2D eigenvalue weighted by molar-refractivity contribution is -0.383. The minimum absolute atomic E-state index is 0.0432. The Morgan fingerprint density at radius 3 is 2.33 bits per heavy atom. The third-order valence-electron chi connectivity index (χ3n) is 3.89. The molecule has 0 unspecified atom stereocenters. The van der Waals surface area contributed by atoms with Crippen LogP contribution in [0.4, 0.5) is 28.7 Å². The topological polar surface area (TPSA) is 102 Å². The maximum absolute atomic E-state index is 11.7. The molecule has 8 nitrogen and oxygen atoms in total. The van der Waals surface area contributed by atoms with E-state index >= 15 is 0 Å². The summed E-state index contributed by atoms with van der Waals surface area (Å²) in [5, 5.41) is 18.2. The molecule has 2 aromatic carbocycles. The number of hydrogen-bond donors (Lipinski definition) is 2. The van der Waals surface area contributed by atoms with E-state index in [-0.39, 0.29) is 17.3 Å². The van der Waals surface area contributed by atoms with Gasteiger partial charge in [-0.3, -0.25) is 10.1 Å². The van der Waals surface area contributed by atoms with Gasteiger partial charge in [-0.15, -0.1) is 0 Å². The molecule has 0 saturated heterocycles. The van der Waals surface area contributed by atoms with Crippen molar-refractivity contribution in [2.24, 2.45) is 0 Å². The Morgan fingerprint density at radius 2 is 1.67 bits per heavy atom. The molecule has 0 atom stereocenters. The van der Waals surface area contributed by atoms with Crippen molar-refractivity contribution in [3.05, 3.63) is 69.5 Å². The summed E-state index contributed by atoms with van der Waals surface area (Å²) >= 11 is 6.12. The van der Waals surface area contributed by atoms with Gasteiger partial charge >= 0.3 is 5.69 Å². The van der Waals surface area contributed by atoms with Gasteiger partial charge in [0.25, 0.3) is 0 Å². The lowest BCUT2D eigenvalue weighted by Gasteiger charge is -2.13. The highest BCUT2D eigenvalue weighted by Gasteiger charge is 2.24. The molecule has 2 N–H and O–H groups in total. The molecule has 0 saturated carbocycles. The van der Waals surface area contributed by atoms with Crippen molar-refractivity contribution < 1.29 is 9.66 Å². The van der Waals surface area contributed by atoms with Gasteiger partial charge in [-0.05, 0) is 36.8 Å². The number of methoxy groups -OCH3 is 1. The third-order valence-corrected chi connectivity index (χ3v) is 4.30. The quantitative estimate of drug-likeness (QED) is 0.462. The highest BCUT2D eigenvalue weighted by atomic mass is 35.5. The summed E-state index contributed by atoms with van der Waals surface area (Å²) in [7, 11) is 1.52. The second-order valence-corrected chi connectivity index (χ2v) is 5.95. The van der Waals surface area contributed by atoms with E-state index in [1.54, 1.807) is 42.5 Å². The molecule has 0 bridgehead atoms. The highest BCUT2D eigenvalue weighted by molar-refractivity contribution is 6.31. The summed E-state index contributed by atoms with van der Waals surface area (Å²) in [6.45, 7) is 1.81. The maximum Gasteiger partial charge on any atom is 0.353 e. The van der Waals surface area contributed by atoms with Gasteiger partial charge in [0.05, 0.1) is 17.7 Å². The first-order valence-electron chi connectivity index (χ1n) is 7.93. The molecule has 0 spiro atoms. The molecule has 1 heterocycles. The van der Waals surface area contributed by atoms with E-state index in [2.05, 4.69) is 20.6 Å². The summed E-state index contributed by atoms with van der Waals surface area (Å²) in [4.78, 5) is 19.2. The average Bonchev–Trinajstić information content (AvgIpc) is 2.66. The van der Waals surface area contributed by atoms with Gasteiger partial charge in [-0.1, -0.05) is 29.8 Å². The number of nitrogens with one attached hydrogen (secondary N) is 2. The smallest absolute Gasteiger partial charge is 0.353 e. The SMILES string of the molecule is COc1ccccc1Nc1ncnc(Nc2cccc(Cl)c2C)c1[N+](=O)[O-]. The van der Waals surface area contributed by atoms with Crippen molar-refractivity contribution in [3.63, 3.8) is 0 Å². The molecular formula is C18H16ClN5O3. The summed E-state index contributed by atoms with van der Waals surface area (Å²) in [6.07, 6.45) is 1.24. The molecule has 138 valence electrons. The Kier molecular flexibility index (Phi) is 5.37. The van der Waals surface area contributed by atoms with Crippen molar-refractivity contribution in [1.82, 2.24) is 9.97 Å². The number of anilines is 4. The van der Waals surface area contributed by atoms with Crippen molar-refractivity contribution in [1.29, 1.82) is 0 Å². The van der Waals surface area contributed by atoms with Gasteiger partial charge in [-0.2, -0.15) is 0 Å². The van der Waals surface area contributed by atoms with E-state index in [4.69, 9.17) is 16.3 Å². The molecule has 0 aliphatic heterocycles. The molecular weight excluding hydrogens is 370 g/mol. The van der Waals surface area contributed by atoms with Crippen LogP contribution in [0.5, 0.6) is 5.75 Å². The number of rotatable bonds is 6. The van der Waals surface area contributed by atoms with Gasteiger partial charge in [0.2, 0.25) is 11.6 Å². The zero-order chi connectivity index (χ0) is 19.4.